The third-order valence-corrected chi connectivity index (χ3v) is 3.85. The lowest BCUT2D eigenvalue weighted by molar-refractivity contribution is -0.107. The average molecular weight is 384 g/mol. The zero-order valence-corrected chi connectivity index (χ0v) is 15.4. The van der Waals surface area contributed by atoms with Gasteiger partial charge in [0, 0.05) is 6.20 Å². The van der Waals surface area contributed by atoms with Crippen molar-refractivity contribution in [3.05, 3.63) is 58.7 Å². The van der Waals surface area contributed by atoms with Crippen LogP contribution in [0.2, 0.25) is 10.0 Å². The number of ether oxygens (including phenoxy) is 2. The summed E-state index contributed by atoms with van der Waals surface area (Å²) in [6.45, 7) is 1.85. The second-order valence-corrected chi connectivity index (χ2v) is 6.37. The number of rotatable bonds is 6. The van der Waals surface area contributed by atoms with Crippen LogP contribution in [0.15, 0.2) is 48.7 Å². The van der Waals surface area contributed by atoms with Crippen molar-refractivity contribution >= 4 is 40.1 Å². The van der Waals surface area contributed by atoms with Crippen LogP contribution in [0, 0.1) is 0 Å². The monoisotopic (exact) mass is 383 g/mol. The summed E-state index contributed by atoms with van der Waals surface area (Å²) in [5.41, 5.74) is 0. The van der Waals surface area contributed by atoms with Crippen LogP contribution in [-0.2, 0) is 4.79 Å². The van der Waals surface area contributed by atoms with Gasteiger partial charge in [-0.05, 0) is 55.7 Å². The van der Waals surface area contributed by atoms with Crippen molar-refractivity contribution in [3.63, 3.8) is 0 Å². The van der Waals surface area contributed by atoms with E-state index in [2.05, 4.69) is 4.98 Å². The molecule has 126 valence electrons. The number of carbonyl (C=O) groups is 1. The van der Waals surface area contributed by atoms with Crippen molar-refractivity contribution < 1.29 is 14.3 Å². The number of hydrogen-bond acceptors (Lipinski definition) is 5. The fraction of sp³-hybridized carbons (Fsp3) is 0.176. The van der Waals surface area contributed by atoms with E-state index in [0.29, 0.717) is 21.5 Å². The average Bonchev–Trinajstić information content (AvgIpc) is 2.57. The third-order valence-electron chi connectivity index (χ3n) is 2.84. The van der Waals surface area contributed by atoms with E-state index in [1.54, 1.807) is 42.7 Å². The summed E-state index contributed by atoms with van der Waals surface area (Å²) in [6.07, 6.45) is 6.19. The van der Waals surface area contributed by atoms with Crippen LogP contribution >= 0.6 is 35.0 Å². The molecular formula is C17H15Cl2NO3S. The number of carbonyl (C=O) groups excluding carboxylic acids is 1. The fourth-order valence-electron chi connectivity index (χ4n) is 1.71. The molecule has 0 saturated carbocycles. The molecule has 1 unspecified atom stereocenters. The lowest BCUT2D eigenvalue weighted by Crippen LogP contribution is -2.08. The molecule has 1 atom stereocenters. The van der Waals surface area contributed by atoms with Crippen LogP contribution in [-0.4, -0.2) is 22.5 Å². The number of halogens is 2. The minimum absolute atomic E-state index is 0.0125. The molecule has 2 rings (SSSR count). The number of benzene rings is 1. The van der Waals surface area contributed by atoms with Crippen molar-refractivity contribution in [1.29, 1.82) is 0 Å². The first-order chi connectivity index (χ1) is 11.5. The van der Waals surface area contributed by atoms with E-state index in [-0.39, 0.29) is 17.1 Å². The van der Waals surface area contributed by atoms with Crippen LogP contribution in [0.5, 0.6) is 17.4 Å². The Hall–Kier alpha value is -1.69. The van der Waals surface area contributed by atoms with Crippen LogP contribution in [0.25, 0.3) is 0 Å². The molecule has 0 fully saturated rings. The number of thioether (sulfide) groups is 1. The van der Waals surface area contributed by atoms with Gasteiger partial charge >= 0.3 is 0 Å². The predicted octanol–water partition coefficient (Wildman–Crippen LogP) is 5.39. The van der Waals surface area contributed by atoms with E-state index >= 15 is 0 Å². The van der Waals surface area contributed by atoms with Gasteiger partial charge in [0.1, 0.15) is 22.6 Å². The molecule has 0 N–H and O–H groups in total. The Labute approximate surface area is 154 Å². The summed E-state index contributed by atoms with van der Waals surface area (Å²) < 4.78 is 11.3. The Bertz CT molecular complexity index is 735. The van der Waals surface area contributed by atoms with Gasteiger partial charge < -0.3 is 9.47 Å². The van der Waals surface area contributed by atoms with Crippen molar-refractivity contribution in [1.82, 2.24) is 4.98 Å². The highest BCUT2D eigenvalue weighted by atomic mass is 35.5. The maximum absolute atomic E-state index is 11.2. The summed E-state index contributed by atoms with van der Waals surface area (Å²) in [5.74, 6) is 1.51. The quantitative estimate of drug-likeness (QED) is 0.625. The van der Waals surface area contributed by atoms with Gasteiger partial charge in [0.25, 0.3) is 0 Å². The SMILES string of the molecule is CSC(=O)/C=C/C(C)Oc1ccc(Oc2ncc(Cl)cc2Cl)cc1. The fourth-order valence-corrected chi connectivity index (χ4v) is 2.34. The predicted molar refractivity (Wildman–Crippen MR) is 98.5 cm³/mol. The Morgan fingerprint density at radius 3 is 2.54 bits per heavy atom. The molecule has 0 spiro atoms. The standard InChI is InChI=1S/C17H15Cl2NO3S/c1-11(3-8-16(21)24-2)22-13-4-6-14(7-5-13)23-17-15(19)9-12(18)10-20-17/h3-11H,1-2H3/b8-3+. The summed E-state index contributed by atoms with van der Waals surface area (Å²) >= 11 is 13.0. The molecule has 4 nitrogen and oxygen atoms in total. The molecule has 1 aromatic carbocycles. The minimum atomic E-state index is -0.222. The number of pyridine rings is 1. The van der Waals surface area contributed by atoms with E-state index in [1.807, 2.05) is 6.92 Å². The van der Waals surface area contributed by atoms with Crippen LogP contribution in [0.3, 0.4) is 0 Å². The highest BCUT2D eigenvalue weighted by molar-refractivity contribution is 8.13. The molecule has 0 aliphatic carbocycles. The normalized spacial score (nSPS) is 12.2. The van der Waals surface area contributed by atoms with Crippen molar-refractivity contribution in [2.24, 2.45) is 0 Å². The first-order valence-corrected chi connectivity index (χ1v) is 8.98. The van der Waals surface area contributed by atoms with Gasteiger partial charge in [0.15, 0.2) is 0 Å². The Kier molecular flexibility index (Phi) is 6.97. The van der Waals surface area contributed by atoms with Gasteiger partial charge in [0.05, 0.1) is 5.02 Å². The second-order valence-electron chi connectivity index (χ2n) is 4.72. The first-order valence-electron chi connectivity index (χ1n) is 6.99. The zero-order valence-electron chi connectivity index (χ0n) is 13.0. The van der Waals surface area contributed by atoms with E-state index < -0.39 is 0 Å². The van der Waals surface area contributed by atoms with Gasteiger partial charge in [-0.1, -0.05) is 35.0 Å². The summed E-state index contributed by atoms with van der Waals surface area (Å²) in [5, 5.41) is 0.764. The van der Waals surface area contributed by atoms with Gasteiger partial charge in [0.2, 0.25) is 11.0 Å². The minimum Gasteiger partial charge on any atom is -0.487 e. The highest BCUT2D eigenvalue weighted by Crippen LogP contribution is 2.30. The van der Waals surface area contributed by atoms with E-state index in [9.17, 15) is 4.79 Å². The number of hydrogen-bond donors (Lipinski definition) is 0. The van der Waals surface area contributed by atoms with Crippen LogP contribution in [0.4, 0.5) is 0 Å². The molecule has 1 heterocycles. The lowest BCUT2D eigenvalue weighted by Gasteiger charge is -2.12. The van der Waals surface area contributed by atoms with Gasteiger partial charge in [-0.15, -0.1) is 0 Å². The molecule has 7 heteroatoms. The summed E-state index contributed by atoms with van der Waals surface area (Å²) in [4.78, 5) is 15.2. The largest absolute Gasteiger partial charge is 0.487 e. The number of aromatic nitrogens is 1. The zero-order chi connectivity index (χ0) is 17.5. The molecule has 0 amide bonds. The van der Waals surface area contributed by atoms with Gasteiger partial charge in [-0.3, -0.25) is 4.79 Å². The van der Waals surface area contributed by atoms with E-state index in [0.717, 1.165) is 11.8 Å². The summed E-state index contributed by atoms with van der Waals surface area (Å²) in [7, 11) is 0. The number of nitrogens with zero attached hydrogens (tertiary/aromatic N) is 1. The molecule has 0 bridgehead atoms. The van der Waals surface area contributed by atoms with Crippen LogP contribution in [0.1, 0.15) is 6.92 Å². The molecular weight excluding hydrogens is 369 g/mol. The molecule has 0 aliphatic heterocycles. The smallest absolute Gasteiger partial charge is 0.238 e. The first kappa shape index (κ1) is 18.6. The topological polar surface area (TPSA) is 48.4 Å². The molecule has 0 aliphatic rings. The van der Waals surface area contributed by atoms with Gasteiger partial charge in [-0.2, -0.15) is 0 Å². The molecule has 1 aromatic heterocycles. The van der Waals surface area contributed by atoms with E-state index in [4.69, 9.17) is 32.7 Å². The molecule has 2 aromatic rings. The lowest BCUT2D eigenvalue weighted by atomic mass is 10.3. The Balaban J connectivity index is 1.97. The molecule has 0 radical (unpaired) electrons. The summed E-state index contributed by atoms with van der Waals surface area (Å²) in [6, 6.07) is 8.57. The molecule has 24 heavy (non-hydrogen) atoms. The van der Waals surface area contributed by atoms with Crippen molar-refractivity contribution in [3.8, 4) is 17.4 Å². The Morgan fingerprint density at radius 1 is 1.25 bits per heavy atom. The second kappa shape index (κ2) is 8.97. The van der Waals surface area contributed by atoms with Gasteiger partial charge in [-0.25, -0.2) is 4.98 Å². The maximum Gasteiger partial charge on any atom is 0.238 e. The van der Waals surface area contributed by atoms with Crippen molar-refractivity contribution in [2.75, 3.05) is 6.26 Å². The van der Waals surface area contributed by atoms with Crippen LogP contribution < -0.4 is 9.47 Å². The highest BCUT2D eigenvalue weighted by Gasteiger charge is 2.07. The van der Waals surface area contributed by atoms with Crippen molar-refractivity contribution in [2.45, 2.75) is 13.0 Å². The third kappa shape index (κ3) is 5.74. The van der Waals surface area contributed by atoms with E-state index in [1.165, 1.54) is 12.3 Å². The Morgan fingerprint density at radius 2 is 1.92 bits per heavy atom. The molecule has 0 saturated heterocycles. The maximum atomic E-state index is 11.2.